The molecule has 1 saturated heterocycles. The summed E-state index contributed by atoms with van der Waals surface area (Å²) in [4.78, 5) is 25.3. The highest BCUT2D eigenvalue weighted by Crippen LogP contribution is 2.32. The molecule has 226 valence electrons. The first-order valence-corrected chi connectivity index (χ1v) is 15.2. The third kappa shape index (κ3) is 11.5. The molecule has 0 aromatic heterocycles. The van der Waals surface area contributed by atoms with Gasteiger partial charge in [-0.05, 0) is 77.2 Å². The monoisotopic (exact) mass is 679 g/mol. The number of para-hydroxylation sites is 2. The second-order valence-corrected chi connectivity index (χ2v) is 11.2. The SMILES string of the molecule is CC(=O)OCCCCCOC(=O)c1cc(Br)c(N)c(CN2CCOCC2)c1.Clc1cccc(Cl)c1Nc1ccccc1. The number of hydrogen-bond donors (Lipinski definition) is 2. The van der Waals surface area contributed by atoms with Gasteiger partial charge in [0.1, 0.15) is 0 Å². The summed E-state index contributed by atoms with van der Waals surface area (Å²) in [5, 5.41) is 4.41. The topological polar surface area (TPSA) is 103 Å². The van der Waals surface area contributed by atoms with Gasteiger partial charge < -0.3 is 25.3 Å². The Balaban J connectivity index is 0.000000271. The van der Waals surface area contributed by atoms with Gasteiger partial charge in [0.25, 0.3) is 0 Å². The van der Waals surface area contributed by atoms with E-state index < -0.39 is 0 Å². The second-order valence-electron chi connectivity index (χ2n) is 9.54. The first kappa shape index (κ1) is 33.7. The molecule has 1 fully saturated rings. The maximum atomic E-state index is 12.3. The molecule has 3 N–H and O–H groups in total. The normalized spacial score (nSPS) is 13.0. The molecule has 0 atom stereocenters. The maximum Gasteiger partial charge on any atom is 0.338 e. The number of carbonyl (C=O) groups excluding carboxylic acids is 2. The van der Waals surface area contributed by atoms with Gasteiger partial charge in [-0.2, -0.15) is 0 Å². The van der Waals surface area contributed by atoms with E-state index in [4.69, 9.17) is 43.1 Å². The lowest BCUT2D eigenvalue weighted by molar-refractivity contribution is -0.141. The van der Waals surface area contributed by atoms with Crippen LogP contribution in [0.3, 0.4) is 0 Å². The van der Waals surface area contributed by atoms with Crippen LogP contribution in [0.4, 0.5) is 17.1 Å². The van der Waals surface area contributed by atoms with E-state index in [-0.39, 0.29) is 11.9 Å². The number of halogens is 3. The number of ether oxygens (including phenoxy) is 3. The molecule has 1 aliphatic heterocycles. The molecule has 0 spiro atoms. The zero-order chi connectivity index (χ0) is 30.3. The number of nitrogen functional groups attached to an aromatic ring is 1. The molecule has 8 nitrogen and oxygen atoms in total. The van der Waals surface area contributed by atoms with Gasteiger partial charge in [-0.3, -0.25) is 9.69 Å². The molecule has 42 heavy (non-hydrogen) atoms. The zero-order valence-corrected chi connectivity index (χ0v) is 26.6. The Kier molecular flexibility index (Phi) is 14.4. The van der Waals surface area contributed by atoms with E-state index in [9.17, 15) is 9.59 Å². The predicted molar refractivity (Wildman–Crippen MR) is 172 cm³/mol. The first-order valence-electron chi connectivity index (χ1n) is 13.7. The van der Waals surface area contributed by atoms with Crippen LogP contribution in [0.1, 0.15) is 42.1 Å². The van der Waals surface area contributed by atoms with Gasteiger partial charge >= 0.3 is 11.9 Å². The minimum Gasteiger partial charge on any atom is -0.466 e. The summed E-state index contributed by atoms with van der Waals surface area (Å²) < 4.78 is 16.3. The smallest absolute Gasteiger partial charge is 0.338 e. The molecule has 1 heterocycles. The number of rotatable bonds is 11. The summed E-state index contributed by atoms with van der Waals surface area (Å²) >= 11 is 15.5. The van der Waals surface area contributed by atoms with E-state index in [0.717, 1.165) is 49.3 Å². The van der Waals surface area contributed by atoms with Crippen molar-refractivity contribution in [2.24, 2.45) is 0 Å². The molecule has 0 radical (unpaired) electrons. The zero-order valence-electron chi connectivity index (χ0n) is 23.5. The van der Waals surface area contributed by atoms with Crippen molar-refractivity contribution in [3.63, 3.8) is 0 Å². The molecule has 0 aliphatic carbocycles. The Hall–Kier alpha value is -2.82. The molecular formula is C31H36BrCl2N3O5. The number of carbonyl (C=O) groups is 2. The van der Waals surface area contributed by atoms with Crippen LogP contribution in [-0.4, -0.2) is 56.4 Å². The van der Waals surface area contributed by atoms with Crippen molar-refractivity contribution in [3.05, 3.63) is 86.3 Å². The van der Waals surface area contributed by atoms with Crippen LogP contribution in [0.5, 0.6) is 0 Å². The summed E-state index contributed by atoms with van der Waals surface area (Å²) in [5.41, 5.74) is 9.90. The number of nitrogens with zero attached hydrogens (tertiary/aromatic N) is 1. The van der Waals surface area contributed by atoms with E-state index in [0.29, 0.717) is 58.7 Å². The molecule has 11 heteroatoms. The third-order valence-electron chi connectivity index (χ3n) is 6.28. The lowest BCUT2D eigenvalue weighted by Gasteiger charge is -2.27. The Morgan fingerprint density at radius 1 is 0.952 bits per heavy atom. The van der Waals surface area contributed by atoms with E-state index in [2.05, 4.69) is 26.1 Å². The molecule has 0 amide bonds. The maximum absolute atomic E-state index is 12.3. The number of nitrogens with one attached hydrogen (secondary N) is 1. The summed E-state index contributed by atoms with van der Waals surface area (Å²) in [6.07, 6.45) is 2.31. The number of hydrogen-bond acceptors (Lipinski definition) is 8. The first-order chi connectivity index (χ1) is 20.2. The van der Waals surface area contributed by atoms with Crippen LogP contribution in [0.2, 0.25) is 10.0 Å². The highest BCUT2D eigenvalue weighted by molar-refractivity contribution is 9.10. The van der Waals surface area contributed by atoms with Crippen LogP contribution in [0, 0.1) is 0 Å². The lowest BCUT2D eigenvalue weighted by Crippen LogP contribution is -2.35. The number of esters is 2. The van der Waals surface area contributed by atoms with Crippen molar-refractivity contribution < 1.29 is 23.8 Å². The Morgan fingerprint density at radius 3 is 2.24 bits per heavy atom. The fraction of sp³-hybridized carbons (Fsp3) is 0.355. The average Bonchev–Trinajstić information content (AvgIpc) is 2.98. The molecule has 3 aromatic rings. The van der Waals surface area contributed by atoms with Crippen molar-refractivity contribution in [3.8, 4) is 0 Å². The molecule has 4 rings (SSSR count). The quantitative estimate of drug-likeness (QED) is 0.122. The van der Waals surface area contributed by atoms with Gasteiger partial charge in [0.05, 0.1) is 53.4 Å². The number of unbranched alkanes of at least 4 members (excludes halogenated alkanes) is 2. The van der Waals surface area contributed by atoms with Crippen molar-refractivity contribution in [2.75, 3.05) is 50.6 Å². The summed E-state index contributed by atoms with van der Waals surface area (Å²) in [7, 11) is 0. The number of nitrogens with two attached hydrogens (primary N) is 1. The number of benzene rings is 3. The van der Waals surface area contributed by atoms with Crippen molar-refractivity contribution in [2.45, 2.75) is 32.7 Å². The van der Waals surface area contributed by atoms with Gasteiger partial charge in [-0.1, -0.05) is 47.5 Å². The number of anilines is 3. The lowest BCUT2D eigenvalue weighted by atomic mass is 10.1. The van der Waals surface area contributed by atoms with Crippen LogP contribution >= 0.6 is 39.1 Å². The molecule has 0 unspecified atom stereocenters. The highest BCUT2D eigenvalue weighted by atomic mass is 79.9. The summed E-state index contributed by atoms with van der Waals surface area (Å²) in [6.45, 7) is 5.91. The predicted octanol–water partition coefficient (Wildman–Crippen LogP) is 7.49. The fourth-order valence-electron chi connectivity index (χ4n) is 4.05. The summed E-state index contributed by atoms with van der Waals surface area (Å²) in [6, 6.07) is 18.7. The van der Waals surface area contributed by atoms with Crippen molar-refractivity contribution in [1.29, 1.82) is 0 Å². The van der Waals surface area contributed by atoms with E-state index in [1.165, 1.54) is 6.92 Å². The molecular weight excluding hydrogens is 645 g/mol. The van der Waals surface area contributed by atoms with Gasteiger partial charge in [0, 0.05) is 36.7 Å². The van der Waals surface area contributed by atoms with Gasteiger partial charge in [0.15, 0.2) is 0 Å². The Morgan fingerprint density at radius 2 is 1.60 bits per heavy atom. The van der Waals surface area contributed by atoms with Gasteiger partial charge in [0.2, 0.25) is 0 Å². The summed E-state index contributed by atoms with van der Waals surface area (Å²) in [5.74, 6) is -0.637. The molecule has 3 aromatic carbocycles. The van der Waals surface area contributed by atoms with Crippen LogP contribution in [0.15, 0.2) is 65.1 Å². The number of morpholine rings is 1. The van der Waals surface area contributed by atoms with Crippen molar-refractivity contribution >= 4 is 68.1 Å². The largest absolute Gasteiger partial charge is 0.466 e. The van der Waals surface area contributed by atoms with E-state index >= 15 is 0 Å². The van der Waals surface area contributed by atoms with Crippen LogP contribution < -0.4 is 11.1 Å². The Labute approximate surface area is 265 Å². The Bertz CT molecular complexity index is 1290. The molecule has 0 saturated carbocycles. The van der Waals surface area contributed by atoms with E-state index in [1.807, 2.05) is 36.4 Å². The van der Waals surface area contributed by atoms with Gasteiger partial charge in [-0.15, -0.1) is 0 Å². The third-order valence-corrected chi connectivity index (χ3v) is 7.57. The highest BCUT2D eigenvalue weighted by Gasteiger charge is 2.17. The van der Waals surface area contributed by atoms with E-state index in [1.54, 1.807) is 24.3 Å². The van der Waals surface area contributed by atoms with Crippen LogP contribution in [0.25, 0.3) is 0 Å². The average molecular weight is 681 g/mol. The standard InChI is InChI=1S/C19H27BrN2O5.C12H9Cl2N/c1-14(23)26-7-3-2-4-8-27-19(24)15-11-16(18(21)17(20)12-15)13-22-5-9-25-10-6-22;13-10-7-4-8-11(14)12(10)15-9-5-2-1-3-6-9/h11-12H,2-10,13,21H2,1H3;1-8,15H. The minimum absolute atomic E-state index is 0.275. The van der Waals surface area contributed by atoms with Gasteiger partial charge in [-0.25, -0.2) is 4.79 Å². The molecule has 0 bridgehead atoms. The van der Waals surface area contributed by atoms with Crippen molar-refractivity contribution in [1.82, 2.24) is 4.90 Å². The van der Waals surface area contributed by atoms with Crippen LogP contribution in [-0.2, 0) is 25.5 Å². The fourth-order valence-corrected chi connectivity index (χ4v) is 5.04. The minimum atomic E-state index is -0.362. The molecule has 1 aliphatic rings. The second kappa shape index (κ2) is 18.0.